The summed E-state index contributed by atoms with van der Waals surface area (Å²) < 4.78 is 12.8. The predicted molar refractivity (Wildman–Crippen MR) is 71.6 cm³/mol. The third-order valence-electron chi connectivity index (χ3n) is 5.19. The number of halogens is 1. The van der Waals surface area contributed by atoms with Crippen molar-refractivity contribution in [3.63, 3.8) is 0 Å². The van der Waals surface area contributed by atoms with Crippen molar-refractivity contribution < 1.29 is 14.3 Å². The Hall–Kier alpha value is -1.49. The molecule has 1 unspecified atom stereocenters. The van der Waals surface area contributed by atoms with E-state index in [9.17, 15) is 14.3 Å². The molecule has 1 amide bonds. The monoisotopic (exact) mass is 278 g/mol. The van der Waals surface area contributed by atoms with E-state index >= 15 is 0 Å². The quantitative estimate of drug-likeness (QED) is 0.854. The van der Waals surface area contributed by atoms with Crippen LogP contribution in [0.3, 0.4) is 0 Å². The molecule has 2 aliphatic rings. The van der Waals surface area contributed by atoms with E-state index < -0.39 is 11.4 Å². The molecule has 1 N–H and O–H groups in total. The van der Waals surface area contributed by atoms with Crippen molar-refractivity contribution >= 4 is 5.91 Å². The van der Waals surface area contributed by atoms with Crippen LogP contribution in [0.1, 0.15) is 43.1 Å². The number of carbonyl (C=O) groups is 1. The highest BCUT2D eigenvalue weighted by atomic mass is 19.1. The Morgan fingerprint density at radius 3 is 2.45 bits per heavy atom. The highest BCUT2D eigenvalue weighted by Crippen LogP contribution is 2.56. The van der Waals surface area contributed by atoms with Crippen molar-refractivity contribution in [1.29, 1.82) is 0 Å². The third-order valence-corrected chi connectivity index (χ3v) is 5.19. The topological polar surface area (TPSA) is 53.4 Å². The standard InChI is InChI=1S/C15H19FN2O2/c1-14(20)4-5-15(14)6-8-18(9-7-15)13(19)12-3-2-11(16)10-17-12/h2-3,10,20H,4-9H2,1H3. The minimum atomic E-state index is -0.587. The first-order valence-electron chi connectivity index (χ1n) is 7.07. The van der Waals surface area contributed by atoms with Crippen LogP contribution in [0.15, 0.2) is 18.3 Å². The molecule has 0 radical (unpaired) electrons. The molecule has 4 nitrogen and oxygen atoms in total. The van der Waals surface area contributed by atoms with Crippen LogP contribution in [0, 0.1) is 11.2 Å². The second kappa shape index (κ2) is 4.52. The van der Waals surface area contributed by atoms with Crippen LogP contribution in [-0.4, -0.2) is 39.6 Å². The molecule has 0 aromatic carbocycles. The van der Waals surface area contributed by atoms with Gasteiger partial charge in [0.05, 0.1) is 11.8 Å². The lowest BCUT2D eigenvalue weighted by molar-refractivity contribution is -0.174. The van der Waals surface area contributed by atoms with E-state index in [1.807, 2.05) is 6.92 Å². The maximum absolute atomic E-state index is 12.8. The number of pyridine rings is 1. The first-order valence-corrected chi connectivity index (χ1v) is 7.07. The molecular weight excluding hydrogens is 259 g/mol. The molecule has 20 heavy (non-hydrogen) atoms. The van der Waals surface area contributed by atoms with Crippen molar-refractivity contribution in [2.75, 3.05) is 13.1 Å². The molecule has 1 spiro atoms. The minimum absolute atomic E-state index is 0.0139. The van der Waals surface area contributed by atoms with Gasteiger partial charge in [-0.2, -0.15) is 0 Å². The first-order chi connectivity index (χ1) is 9.44. The summed E-state index contributed by atoms with van der Waals surface area (Å²) in [5.74, 6) is -0.594. The number of aromatic nitrogens is 1. The smallest absolute Gasteiger partial charge is 0.272 e. The zero-order valence-corrected chi connectivity index (χ0v) is 11.6. The number of piperidine rings is 1. The molecule has 2 heterocycles. The van der Waals surface area contributed by atoms with E-state index in [-0.39, 0.29) is 17.0 Å². The van der Waals surface area contributed by atoms with Gasteiger partial charge in [-0.05, 0) is 44.7 Å². The van der Waals surface area contributed by atoms with E-state index in [1.165, 1.54) is 12.1 Å². The maximum Gasteiger partial charge on any atom is 0.272 e. The molecule has 1 aliphatic carbocycles. The highest BCUT2D eigenvalue weighted by Gasteiger charge is 2.55. The zero-order valence-electron chi connectivity index (χ0n) is 11.6. The zero-order chi connectivity index (χ0) is 14.4. The Balaban J connectivity index is 1.66. The average molecular weight is 278 g/mol. The lowest BCUT2D eigenvalue weighted by Gasteiger charge is -2.58. The molecule has 1 aromatic heterocycles. The Labute approximate surface area is 117 Å². The van der Waals surface area contributed by atoms with Gasteiger partial charge in [0.1, 0.15) is 11.5 Å². The summed E-state index contributed by atoms with van der Waals surface area (Å²) in [6.07, 6.45) is 4.60. The van der Waals surface area contributed by atoms with Crippen LogP contribution in [-0.2, 0) is 0 Å². The molecule has 2 fully saturated rings. The SMILES string of the molecule is CC1(O)CCC12CCN(C(=O)c1ccc(F)cn1)CC2. The lowest BCUT2D eigenvalue weighted by atomic mass is 9.53. The van der Waals surface area contributed by atoms with Gasteiger partial charge >= 0.3 is 0 Å². The molecule has 1 saturated heterocycles. The van der Waals surface area contributed by atoms with Crippen LogP contribution < -0.4 is 0 Å². The molecule has 1 atom stereocenters. The fourth-order valence-electron chi connectivity index (χ4n) is 3.43. The summed E-state index contributed by atoms with van der Waals surface area (Å²) in [5, 5.41) is 10.3. The molecule has 108 valence electrons. The number of hydrogen-bond acceptors (Lipinski definition) is 3. The van der Waals surface area contributed by atoms with E-state index in [0.29, 0.717) is 13.1 Å². The van der Waals surface area contributed by atoms with Gasteiger partial charge in [-0.25, -0.2) is 9.37 Å². The molecule has 1 aromatic rings. The number of hydrogen-bond donors (Lipinski definition) is 1. The van der Waals surface area contributed by atoms with E-state index in [4.69, 9.17) is 0 Å². The predicted octanol–water partition coefficient (Wildman–Crippen LogP) is 1.99. The van der Waals surface area contributed by atoms with Gasteiger partial charge in [0, 0.05) is 18.5 Å². The third kappa shape index (κ3) is 2.00. The van der Waals surface area contributed by atoms with Gasteiger partial charge < -0.3 is 10.0 Å². The molecule has 1 saturated carbocycles. The van der Waals surface area contributed by atoms with Crippen LogP contribution >= 0.6 is 0 Å². The molecule has 3 rings (SSSR count). The van der Waals surface area contributed by atoms with Crippen molar-refractivity contribution in [2.45, 2.75) is 38.2 Å². The summed E-state index contributed by atoms with van der Waals surface area (Å²) in [7, 11) is 0. The van der Waals surface area contributed by atoms with Crippen molar-refractivity contribution in [2.24, 2.45) is 5.41 Å². The molecule has 0 bridgehead atoms. The van der Waals surface area contributed by atoms with Crippen molar-refractivity contribution in [3.8, 4) is 0 Å². The second-order valence-electron chi connectivity index (χ2n) is 6.21. The Morgan fingerprint density at radius 2 is 2.00 bits per heavy atom. The van der Waals surface area contributed by atoms with Crippen LogP contribution in [0.5, 0.6) is 0 Å². The fraction of sp³-hybridized carbons (Fsp3) is 0.600. The van der Waals surface area contributed by atoms with Crippen molar-refractivity contribution in [3.05, 3.63) is 29.8 Å². The molecular formula is C15H19FN2O2. The molecule has 5 heteroatoms. The van der Waals surface area contributed by atoms with Gasteiger partial charge in [-0.3, -0.25) is 4.79 Å². The van der Waals surface area contributed by atoms with E-state index in [0.717, 1.165) is 31.9 Å². The van der Waals surface area contributed by atoms with Crippen molar-refractivity contribution in [1.82, 2.24) is 9.88 Å². The van der Waals surface area contributed by atoms with Gasteiger partial charge in [-0.15, -0.1) is 0 Å². The maximum atomic E-state index is 12.8. The Morgan fingerprint density at radius 1 is 1.30 bits per heavy atom. The number of aliphatic hydroxyl groups is 1. The van der Waals surface area contributed by atoms with Gasteiger partial charge in [0.15, 0.2) is 0 Å². The number of likely N-dealkylation sites (tertiary alicyclic amines) is 1. The summed E-state index contributed by atoms with van der Waals surface area (Å²) in [5.41, 5.74) is -0.321. The minimum Gasteiger partial charge on any atom is -0.390 e. The second-order valence-corrected chi connectivity index (χ2v) is 6.21. The van der Waals surface area contributed by atoms with E-state index in [2.05, 4.69) is 4.98 Å². The van der Waals surface area contributed by atoms with Crippen LogP contribution in [0.25, 0.3) is 0 Å². The summed E-state index contributed by atoms with van der Waals surface area (Å²) in [6, 6.07) is 2.67. The highest BCUT2D eigenvalue weighted by molar-refractivity contribution is 5.92. The van der Waals surface area contributed by atoms with Gasteiger partial charge in [0.2, 0.25) is 0 Å². The van der Waals surface area contributed by atoms with Gasteiger partial charge in [-0.1, -0.05) is 0 Å². The number of rotatable bonds is 1. The van der Waals surface area contributed by atoms with Crippen LogP contribution in [0.4, 0.5) is 4.39 Å². The number of carbonyl (C=O) groups excluding carboxylic acids is 1. The number of amides is 1. The van der Waals surface area contributed by atoms with Gasteiger partial charge in [0.25, 0.3) is 5.91 Å². The summed E-state index contributed by atoms with van der Waals surface area (Å²) >= 11 is 0. The van der Waals surface area contributed by atoms with E-state index in [1.54, 1.807) is 4.90 Å². The average Bonchev–Trinajstić information content (AvgIpc) is 2.46. The summed E-state index contributed by atoms with van der Waals surface area (Å²) in [6.45, 7) is 3.16. The first kappa shape index (κ1) is 13.5. The number of nitrogens with zero attached hydrogens (tertiary/aromatic N) is 2. The Bertz CT molecular complexity index is 519. The largest absolute Gasteiger partial charge is 0.390 e. The summed E-state index contributed by atoms with van der Waals surface area (Å²) in [4.78, 5) is 17.9. The van der Waals surface area contributed by atoms with Crippen LogP contribution in [0.2, 0.25) is 0 Å². The lowest BCUT2D eigenvalue weighted by Crippen LogP contribution is -2.60. The fourth-order valence-corrected chi connectivity index (χ4v) is 3.43. The molecule has 1 aliphatic heterocycles. The Kier molecular flexibility index (Phi) is 3.05. The normalized spacial score (nSPS) is 28.2.